The summed E-state index contributed by atoms with van der Waals surface area (Å²) in [7, 11) is 0. The zero-order chi connectivity index (χ0) is 12.4. The molecule has 0 aliphatic carbocycles. The van der Waals surface area contributed by atoms with Gasteiger partial charge in [-0.2, -0.15) is 0 Å². The van der Waals surface area contributed by atoms with Crippen LogP contribution >= 0.6 is 11.6 Å². The molecule has 0 aliphatic rings. The molecule has 2 aromatic carbocycles. The van der Waals surface area contributed by atoms with Gasteiger partial charge in [0.1, 0.15) is 11.6 Å². The Kier molecular flexibility index (Phi) is 3.41. The van der Waals surface area contributed by atoms with Crippen molar-refractivity contribution in [2.24, 2.45) is 5.73 Å². The van der Waals surface area contributed by atoms with Gasteiger partial charge in [-0.05, 0) is 17.7 Å². The van der Waals surface area contributed by atoms with Crippen molar-refractivity contribution in [3.63, 3.8) is 0 Å². The molecule has 0 fully saturated rings. The zero-order valence-corrected chi connectivity index (χ0v) is 9.59. The lowest BCUT2D eigenvalue weighted by Crippen LogP contribution is -2.14. The van der Waals surface area contributed by atoms with E-state index >= 15 is 0 Å². The molecule has 2 N–H and O–H groups in total. The minimum Gasteiger partial charge on any atom is -0.320 e. The lowest BCUT2D eigenvalue weighted by molar-refractivity contribution is 0.566. The van der Waals surface area contributed by atoms with Crippen molar-refractivity contribution in [3.8, 4) is 0 Å². The summed E-state index contributed by atoms with van der Waals surface area (Å²) in [5.41, 5.74) is 6.75. The molecule has 1 nitrogen and oxygen atoms in total. The number of hydrogen-bond donors (Lipinski definition) is 1. The summed E-state index contributed by atoms with van der Waals surface area (Å²) in [6, 6.07) is 9.54. The minimum atomic E-state index is -0.704. The van der Waals surface area contributed by atoms with Gasteiger partial charge in [0.25, 0.3) is 0 Å². The molecule has 0 aliphatic heterocycles. The molecule has 4 heteroatoms. The second-order valence-electron chi connectivity index (χ2n) is 3.67. The van der Waals surface area contributed by atoms with E-state index in [1.807, 2.05) is 0 Å². The van der Waals surface area contributed by atoms with Gasteiger partial charge in [0.2, 0.25) is 0 Å². The van der Waals surface area contributed by atoms with E-state index in [0.29, 0.717) is 10.6 Å². The van der Waals surface area contributed by atoms with E-state index in [2.05, 4.69) is 0 Å². The van der Waals surface area contributed by atoms with Crippen LogP contribution in [0.4, 0.5) is 8.78 Å². The third-order valence-corrected chi connectivity index (χ3v) is 2.88. The first kappa shape index (κ1) is 12.0. The van der Waals surface area contributed by atoms with Crippen LogP contribution in [0.1, 0.15) is 17.2 Å². The van der Waals surface area contributed by atoms with Gasteiger partial charge in [-0.1, -0.05) is 35.9 Å². The van der Waals surface area contributed by atoms with Crippen molar-refractivity contribution in [1.82, 2.24) is 0 Å². The Morgan fingerprint density at radius 1 is 1.00 bits per heavy atom. The highest BCUT2D eigenvalue weighted by Crippen LogP contribution is 2.27. The number of rotatable bonds is 2. The van der Waals surface area contributed by atoms with Gasteiger partial charge in [-0.3, -0.25) is 0 Å². The molecule has 1 unspecified atom stereocenters. The van der Waals surface area contributed by atoms with E-state index in [4.69, 9.17) is 17.3 Å². The Morgan fingerprint density at radius 2 is 1.71 bits per heavy atom. The van der Waals surface area contributed by atoms with Gasteiger partial charge in [0, 0.05) is 16.7 Å². The number of hydrogen-bond acceptors (Lipinski definition) is 1. The predicted octanol–water partition coefficient (Wildman–Crippen LogP) is 3.67. The highest BCUT2D eigenvalue weighted by atomic mass is 35.5. The number of halogens is 3. The second kappa shape index (κ2) is 4.82. The summed E-state index contributed by atoms with van der Waals surface area (Å²) in [6.45, 7) is 0. The van der Waals surface area contributed by atoms with E-state index in [1.54, 1.807) is 24.3 Å². The first-order chi connectivity index (χ1) is 8.09. The van der Waals surface area contributed by atoms with Gasteiger partial charge < -0.3 is 5.73 Å². The Balaban J connectivity index is 2.44. The van der Waals surface area contributed by atoms with E-state index in [1.165, 1.54) is 12.1 Å². The highest BCUT2D eigenvalue weighted by molar-refractivity contribution is 6.31. The lowest BCUT2D eigenvalue weighted by Gasteiger charge is -2.14. The largest absolute Gasteiger partial charge is 0.320 e. The number of nitrogens with two attached hydrogens (primary N) is 1. The third kappa shape index (κ3) is 2.46. The van der Waals surface area contributed by atoms with Crippen LogP contribution in [0.15, 0.2) is 42.5 Å². The summed E-state index contributed by atoms with van der Waals surface area (Å²) in [4.78, 5) is 0. The smallest absolute Gasteiger partial charge is 0.131 e. The van der Waals surface area contributed by atoms with E-state index < -0.39 is 17.7 Å². The normalized spacial score (nSPS) is 12.5. The molecular weight excluding hydrogens is 244 g/mol. The minimum absolute atomic E-state index is 0.222. The SMILES string of the molecule is NC(c1ccc(F)cc1F)c1ccccc1Cl. The van der Waals surface area contributed by atoms with Gasteiger partial charge in [0.15, 0.2) is 0 Å². The molecule has 0 aromatic heterocycles. The van der Waals surface area contributed by atoms with Crippen LogP contribution in [-0.4, -0.2) is 0 Å². The van der Waals surface area contributed by atoms with Crippen LogP contribution in [0.3, 0.4) is 0 Å². The average molecular weight is 254 g/mol. The molecule has 2 rings (SSSR count). The van der Waals surface area contributed by atoms with Crippen LogP contribution < -0.4 is 5.73 Å². The molecule has 0 amide bonds. The Labute approximate surface area is 103 Å². The zero-order valence-electron chi connectivity index (χ0n) is 8.83. The molecule has 1 atom stereocenters. The molecule has 0 heterocycles. The monoisotopic (exact) mass is 253 g/mol. The molecule has 88 valence electrons. The summed E-state index contributed by atoms with van der Waals surface area (Å²) >= 11 is 5.98. The van der Waals surface area contributed by atoms with Crippen molar-refractivity contribution in [2.75, 3.05) is 0 Å². The molecule has 0 bridgehead atoms. The van der Waals surface area contributed by atoms with E-state index in [9.17, 15) is 8.78 Å². The molecule has 0 saturated carbocycles. The van der Waals surface area contributed by atoms with Gasteiger partial charge in [-0.15, -0.1) is 0 Å². The maximum atomic E-state index is 13.6. The van der Waals surface area contributed by atoms with Crippen molar-refractivity contribution in [2.45, 2.75) is 6.04 Å². The van der Waals surface area contributed by atoms with Crippen molar-refractivity contribution < 1.29 is 8.78 Å². The third-order valence-electron chi connectivity index (χ3n) is 2.54. The average Bonchev–Trinajstić information content (AvgIpc) is 2.29. The van der Waals surface area contributed by atoms with Crippen molar-refractivity contribution >= 4 is 11.6 Å². The second-order valence-corrected chi connectivity index (χ2v) is 4.07. The summed E-state index contributed by atoms with van der Waals surface area (Å²) in [6.07, 6.45) is 0. The molecule has 17 heavy (non-hydrogen) atoms. The summed E-state index contributed by atoms with van der Waals surface area (Å²) < 4.78 is 26.3. The van der Waals surface area contributed by atoms with Crippen LogP contribution in [-0.2, 0) is 0 Å². The summed E-state index contributed by atoms with van der Waals surface area (Å²) in [5.74, 6) is -1.30. The van der Waals surface area contributed by atoms with E-state index in [-0.39, 0.29) is 5.56 Å². The quantitative estimate of drug-likeness (QED) is 0.868. The van der Waals surface area contributed by atoms with Crippen LogP contribution in [0, 0.1) is 11.6 Å². The fourth-order valence-electron chi connectivity index (χ4n) is 1.65. The fourth-order valence-corrected chi connectivity index (χ4v) is 1.90. The molecule has 0 saturated heterocycles. The van der Waals surface area contributed by atoms with Gasteiger partial charge in [-0.25, -0.2) is 8.78 Å². The molecular formula is C13H10ClF2N. The first-order valence-corrected chi connectivity index (χ1v) is 5.42. The van der Waals surface area contributed by atoms with Crippen LogP contribution in [0.2, 0.25) is 5.02 Å². The maximum absolute atomic E-state index is 13.6. The van der Waals surface area contributed by atoms with Gasteiger partial charge >= 0.3 is 0 Å². The summed E-state index contributed by atoms with van der Waals surface area (Å²) in [5, 5.41) is 0.462. The first-order valence-electron chi connectivity index (χ1n) is 5.04. The molecule has 0 radical (unpaired) electrons. The van der Waals surface area contributed by atoms with Crippen molar-refractivity contribution in [3.05, 3.63) is 70.2 Å². The van der Waals surface area contributed by atoms with Crippen molar-refractivity contribution in [1.29, 1.82) is 0 Å². The van der Waals surface area contributed by atoms with E-state index in [0.717, 1.165) is 6.07 Å². The fraction of sp³-hybridized carbons (Fsp3) is 0.0769. The van der Waals surface area contributed by atoms with Gasteiger partial charge in [0.05, 0.1) is 6.04 Å². The van der Waals surface area contributed by atoms with Crippen LogP contribution in [0.5, 0.6) is 0 Å². The topological polar surface area (TPSA) is 26.0 Å². The molecule has 2 aromatic rings. The standard InChI is InChI=1S/C13H10ClF2N/c14-11-4-2-1-3-9(11)13(17)10-6-5-8(15)7-12(10)16/h1-7,13H,17H2. The molecule has 0 spiro atoms. The highest BCUT2D eigenvalue weighted by Gasteiger charge is 2.16. The Hall–Kier alpha value is -1.45. The number of benzene rings is 2. The lowest BCUT2D eigenvalue weighted by atomic mass is 9.99. The Bertz CT molecular complexity index is 543. The maximum Gasteiger partial charge on any atom is 0.131 e. The Morgan fingerprint density at radius 3 is 2.35 bits per heavy atom. The predicted molar refractivity (Wildman–Crippen MR) is 63.8 cm³/mol. The van der Waals surface area contributed by atoms with Crippen LogP contribution in [0.25, 0.3) is 0 Å².